The van der Waals surface area contributed by atoms with Gasteiger partial charge in [-0.2, -0.15) is 0 Å². The minimum Gasteiger partial charge on any atom is -0.394 e. The van der Waals surface area contributed by atoms with Crippen LogP contribution in [0.15, 0.2) is 24.3 Å². The van der Waals surface area contributed by atoms with Crippen molar-refractivity contribution in [2.75, 3.05) is 6.61 Å². The number of unbranched alkanes of at least 4 members (excludes halogenated alkanes) is 1. The summed E-state index contributed by atoms with van der Waals surface area (Å²) < 4.78 is 2.34. The van der Waals surface area contributed by atoms with Gasteiger partial charge >= 0.3 is 0 Å². The number of rotatable bonds is 8. The van der Waals surface area contributed by atoms with Crippen LogP contribution in [0.2, 0.25) is 0 Å². The van der Waals surface area contributed by atoms with Gasteiger partial charge in [0.25, 0.3) is 0 Å². The van der Waals surface area contributed by atoms with Gasteiger partial charge in [0, 0.05) is 18.5 Å². The summed E-state index contributed by atoms with van der Waals surface area (Å²) in [6.45, 7) is 5.10. The molecule has 0 radical (unpaired) electrons. The van der Waals surface area contributed by atoms with E-state index in [9.17, 15) is 5.11 Å². The summed E-state index contributed by atoms with van der Waals surface area (Å²) in [4.78, 5) is 4.74. The van der Waals surface area contributed by atoms with E-state index in [1.54, 1.807) is 0 Å². The average Bonchev–Trinajstić information content (AvgIpc) is 2.82. The van der Waals surface area contributed by atoms with E-state index in [1.807, 2.05) is 13.0 Å². The molecule has 1 heterocycles. The predicted octanol–water partition coefficient (Wildman–Crippen LogP) is 2.87. The molecule has 0 saturated carbocycles. The highest BCUT2D eigenvalue weighted by Gasteiger charge is 2.16. The molecule has 2 aromatic rings. The second-order valence-corrected chi connectivity index (χ2v) is 6.19. The largest absolute Gasteiger partial charge is 0.394 e. The summed E-state index contributed by atoms with van der Waals surface area (Å²) in [6, 6.07) is 8.32. The molecule has 0 aliphatic carbocycles. The Morgan fingerprint density at radius 2 is 2.05 bits per heavy atom. The maximum atomic E-state index is 9.19. The third kappa shape index (κ3) is 4.05. The van der Waals surface area contributed by atoms with Gasteiger partial charge in [0.2, 0.25) is 0 Å². The summed E-state index contributed by atoms with van der Waals surface area (Å²) in [5.41, 5.74) is 7.82. The molecule has 116 valence electrons. The molecular formula is C17H27N3O. The molecule has 1 atom stereocenters. The molecule has 21 heavy (non-hydrogen) atoms. The molecule has 0 fully saturated rings. The first-order valence-electron chi connectivity index (χ1n) is 7.91. The Morgan fingerprint density at radius 3 is 2.76 bits per heavy atom. The van der Waals surface area contributed by atoms with Crippen LogP contribution in [0.25, 0.3) is 11.0 Å². The third-order valence-electron chi connectivity index (χ3n) is 3.95. The van der Waals surface area contributed by atoms with Crippen molar-refractivity contribution in [1.82, 2.24) is 9.55 Å². The number of fused-ring (bicyclic) bond motifs is 1. The smallest absolute Gasteiger partial charge is 0.109 e. The highest BCUT2D eigenvalue weighted by Crippen LogP contribution is 2.19. The highest BCUT2D eigenvalue weighted by molar-refractivity contribution is 5.75. The van der Waals surface area contributed by atoms with E-state index in [0.29, 0.717) is 0 Å². The standard InChI is InChI=1S/C17H27N3O/c1-3-8-16-19-14-9-4-5-10-15(14)20(16)12-7-6-11-17(2,18)13-21/h4-5,9-10,21H,3,6-8,11-13,18H2,1-2H3. The maximum absolute atomic E-state index is 9.19. The summed E-state index contributed by atoms with van der Waals surface area (Å²) in [6.07, 6.45) is 5.05. The van der Waals surface area contributed by atoms with Gasteiger partial charge in [-0.25, -0.2) is 4.98 Å². The molecule has 0 spiro atoms. The summed E-state index contributed by atoms with van der Waals surface area (Å²) in [5, 5.41) is 9.19. The number of imidazole rings is 1. The molecule has 0 aliphatic heterocycles. The van der Waals surface area contributed by atoms with Crippen molar-refractivity contribution in [2.24, 2.45) is 5.73 Å². The molecule has 1 aromatic carbocycles. The van der Waals surface area contributed by atoms with Crippen molar-refractivity contribution in [3.8, 4) is 0 Å². The van der Waals surface area contributed by atoms with Crippen molar-refractivity contribution >= 4 is 11.0 Å². The third-order valence-corrected chi connectivity index (χ3v) is 3.95. The summed E-state index contributed by atoms with van der Waals surface area (Å²) >= 11 is 0. The molecule has 0 bridgehead atoms. The number of nitrogens with zero attached hydrogens (tertiary/aromatic N) is 2. The van der Waals surface area contributed by atoms with E-state index >= 15 is 0 Å². The first-order chi connectivity index (χ1) is 10.1. The monoisotopic (exact) mass is 289 g/mol. The zero-order valence-electron chi connectivity index (χ0n) is 13.2. The number of aryl methyl sites for hydroxylation is 2. The lowest BCUT2D eigenvalue weighted by Gasteiger charge is -2.21. The minimum atomic E-state index is -0.455. The highest BCUT2D eigenvalue weighted by atomic mass is 16.3. The zero-order valence-corrected chi connectivity index (χ0v) is 13.2. The number of para-hydroxylation sites is 2. The molecular weight excluding hydrogens is 262 g/mol. The number of aromatic nitrogens is 2. The lowest BCUT2D eigenvalue weighted by atomic mass is 9.97. The molecule has 3 N–H and O–H groups in total. The number of benzene rings is 1. The molecule has 1 unspecified atom stereocenters. The average molecular weight is 289 g/mol. The van der Waals surface area contributed by atoms with Gasteiger partial charge in [0.15, 0.2) is 0 Å². The molecule has 0 amide bonds. The Labute approximate surface area is 127 Å². The Hall–Kier alpha value is -1.39. The maximum Gasteiger partial charge on any atom is 0.109 e. The molecule has 4 nitrogen and oxygen atoms in total. The lowest BCUT2D eigenvalue weighted by molar-refractivity contribution is 0.197. The number of aliphatic hydroxyl groups is 1. The SMILES string of the molecule is CCCc1nc2ccccc2n1CCCCC(C)(N)CO. The minimum absolute atomic E-state index is 0.0437. The lowest BCUT2D eigenvalue weighted by Crippen LogP contribution is -2.39. The van der Waals surface area contributed by atoms with Crippen LogP contribution in [0.5, 0.6) is 0 Å². The van der Waals surface area contributed by atoms with E-state index in [-0.39, 0.29) is 6.61 Å². The van der Waals surface area contributed by atoms with Crippen LogP contribution in [-0.4, -0.2) is 26.8 Å². The normalized spacial score (nSPS) is 14.5. The second kappa shape index (κ2) is 7.05. The van der Waals surface area contributed by atoms with E-state index in [2.05, 4.69) is 29.7 Å². The van der Waals surface area contributed by atoms with Crippen LogP contribution in [0.1, 0.15) is 45.4 Å². The molecule has 2 rings (SSSR count). The van der Waals surface area contributed by atoms with Gasteiger partial charge in [0.1, 0.15) is 5.82 Å². The Morgan fingerprint density at radius 1 is 1.29 bits per heavy atom. The summed E-state index contributed by atoms with van der Waals surface area (Å²) in [5.74, 6) is 1.18. The number of nitrogens with two attached hydrogens (primary N) is 1. The fraction of sp³-hybridized carbons (Fsp3) is 0.588. The topological polar surface area (TPSA) is 64.1 Å². The van der Waals surface area contributed by atoms with Crippen molar-refractivity contribution < 1.29 is 5.11 Å². The van der Waals surface area contributed by atoms with Crippen LogP contribution in [-0.2, 0) is 13.0 Å². The van der Waals surface area contributed by atoms with Gasteiger partial charge in [-0.05, 0) is 44.7 Å². The first-order valence-corrected chi connectivity index (χ1v) is 7.91. The molecule has 0 aliphatic rings. The fourth-order valence-electron chi connectivity index (χ4n) is 2.67. The molecule has 4 heteroatoms. The predicted molar refractivity (Wildman–Crippen MR) is 87.3 cm³/mol. The van der Waals surface area contributed by atoms with Crippen LogP contribution >= 0.6 is 0 Å². The van der Waals surface area contributed by atoms with Crippen molar-refractivity contribution in [3.63, 3.8) is 0 Å². The number of hydrogen-bond donors (Lipinski definition) is 2. The van der Waals surface area contributed by atoms with Crippen LogP contribution in [0.4, 0.5) is 0 Å². The van der Waals surface area contributed by atoms with Gasteiger partial charge in [-0.15, -0.1) is 0 Å². The van der Waals surface area contributed by atoms with Crippen molar-refractivity contribution in [2.45, 2.75) is 58.0 Å². The second-order valence-electron chi connectivity index (χ2n) is 6.19. The van der Waals surface area contributed by atoms with E-state index in [1.165, 1.54) is 11.3 Å². The van der Waals surface area contributed by atoms with E-state index in [0.717, 1.165) is 44.2 Å². The Kier molecular flexibility index (Phi) is 5.37. The van der Waals surface area contributed by atoms with E-state index < -0.39 is 5.54 Å². The van der Waals surface area contributed by atoms with Crippen LogP contribution < -0.4 is 5.73 Å². The molecule has 0 saturated heterocycles. The first kappa shape index (κ1) is 16.0. The van der Waals surface area contributed by atoms with Crippen molar-refractivity contribution in [1.29, 1.82) is 0 Å². The van der Waals surface area contributed by atoms with Gasteiger partial charge in [0.05, 0.1) is 17.6 Å². The van der Waals surface area contributed by atoms with Gasteiger partial charge < -0.3 is 15.4 Å². The van der Waals surface area contributed by atoms with Crippen molar-refractivity contribution in [3.05, 3.63) is 30.1 Å². The van der Waals surface area contributed by atoms with E-state index in [4.69, 9.17) is 10.7 Å². The number of hydrogen-bond acceptors (Lipinski definition) is 3. The Balaban J connectivity index is 2.05. The molecule has 1 aromatic heterocycles. The fourth-order valence-corrected chi connectivity index (χ4v) is 2.67. The quantitative estimate of drug-likeness (QED) is 0.734. The van der Waals surface area contributed by atoms with Gasteiger partial charge in [-0.1, -0.05) is 19.1 Å². The zero-order chi connectivity index (χ0) is 15.3. The summed E-state index contributed by atoms with van der Waals surface area (Å²) in [7, 11) is 0. The van der Waals surface area contributed by atoms with Crippen LogP contribution in [0.3, 0.4) is 0 Å². The van der Waals surface area contributed by atoms with Crippen LogP contribution in [0, 0.1) is 0 Å². The Bertz CT molecular complexity index is 574. The number of aliphatic hydroxyl groups excluding tert-OH is 1. The van der Waals surface area contributed by atoms with Gasteiger partial charge in [-0.3, -0.25) is 0 Å².